The van der Waals surface area contributed by atoms with Crippen LogP contribution in [0.3, 0.4) is 0 Å². The number of carbonyl (C=O) groups is 1. The first-order valence-electron chi connectivity index (χ1n) is 7.19. The molecule has 0 radical (unpaired) electrons. The molecule has 1 amide bonds. The minimum absolute atomic E-state index is 0.0861. The maximum absolute atomic E-state index is 12.4. The third-order valence-electron chi connectivity index (χ3n) is 4.81. The van der Waals surface area contributed by atoms with Gasteiger partial charge in [0.05, 0.1) is 10.4 Å². The first kappa shape index (κ1) is 13.8. The van der Waals surface area contributed by atoms with Gasteiger partial charge in [0, 0.05) is 6.04 Å². The van der Waals surface area contributed by atoms with Crippen LogP contribution in [-0.4, -0.2) is 16.9 Å². The standard InChI is InChI=1S/C14H24N2OS/c1-2-10-5-3-6-11(9-10)16-13(17)14(12(15)18)7-4-8-14/h10-11H,2-9H2,1H3,(H2,15,18)(H,16,17). The number of thiocarbonyl (C=S) groups is 1. The normalized spacial score (nSPS) is 30.3. The molecule has 18 heavy (non-hydrogen) atoms. The van der Waals surface area contributed by atoms with Crippen LogP contribution >= 0.6 is 12.2 Å². The Morgan fingerprint density at radius 2 is 2.11 bits per heavy atom. The molecule has 0 aromatic rings. The molecule has 2 rings (SSSR count). The fraction of sp³-hybridized carbons (Fsp3) is 0.857. The van der Waals surface area contributed by atoms with Gasteiger partial charge >= 0.3 is 0 Å². The van der Waals surface area contributed by atoms with E-state index in [-0.39, 0.29) is 5.91 Å². The van der Waals surface area contributed by atoms with Crippen LogP contribution in [-0.2, 0) is 4.79 Å². The SMILES string of the molecule is CCC1CCCC(NC(=O)C2(C(N)=S)CCC2)C1. The van der Waals surface area contributed by atoms with Gasteiger partial charge in [-0.3, -0.25) is 4.79 Å². The van der Waals surface area contributed by atoms with Gasteiger partial charge in [-0.15, -0.1) is 0 Å². The Morgan fingerprint density at radius 1 is 1.39 bits per heavy atom. The van der Waals surface area contributed by atoms with Gasteiger partial charge in [0.1, 0.15) is 0 Å². The number of carbonyl (C=O) groups excluding carboxylic acids is 1. The lowest BCUT2D eigenvalue weighted by Gasteiger charge is -2.41. The van der Waals surface area contributed by atoms with Crippen molar-refractivity contribution in [3.05, 3.63) is 0 Å². The van der Waals surface area contributed by atoms with Crippen molar-refractivity contribution in [1.82, 2.24) is 5.32 Å². The summed E-state index contributed by atoms with van der Waals surface area (Å²) < 4.78 is 0. The van der Waals surface area contributed by atoms with Gasteiger partial charge in [-0.2, -0.15) is 0 Å². The monoisotopic (exact) mass is 268 g/mol. The molecule has 2 aliphatic carbocycles. The zero-order valence-electron chi connectivity index (χ0n) is 11.2. The summed E-state index contributed by atoms with van der Waals surface area (Å²) in [5.74, 6) is 0.856. The smallest absolute Gasteiger partial charge is 0.233 e. The molecular weight excluding hydrogens is 244 g/mol. The highest BCUT2D eigenvalue weighted by molar-refractivity contribution is 7.80. The Balaban J connectivity index is 1.92. The third kappa shape index (κ3) is 2.53. The first-order valence-corrected chi connectivity index (χ1v) is 7.60. The zero-order valence-corrected chi connectivity index (χ0v) is 12.0. The fourth-order valence-corrected chi connectivity index (χ4v) is 3.53. The molecule has 3 N–H and O–H groups in total. The average molecular weight is 268 g/mol. The number of hydrogen-bond donors (Lipinski definition) is 2. The van der Waals surface area contributed by atoms with E-state index >= 15 is 0 Å². The Morgan fingerprint density at radius 3 is 2.61 bits per heavy atom. The number of nitrogens with two attached hydrogens (primary N) is 1. The van der Waals surface area contributed by atoms with E-state index in [9.17, 15) is 4.79 Å². The molecule has 102 valence electrons. The van der Waals surface area contributed by atoms with E-state index in [4.69, 9.17) is 18.0 Å². The molecule has 2 unspecified atom stereocenters. The Hall–Kier alpha value is -0.640. The molecule has 0 spiro atoms. The molecule has 3 nitrogen and oxygen atoms in total. The highest BCUT2D eigenvalue weighted by atomic mass is 32.1. The van der Waals surface area contributed by atoms with Crippen molar-refractivity contribution in [2.24, 2.45) is 17.1 Å². The predicted octanol–water partition coefficient (Wildman–Crippen LogP) is 2.53. The number of rotatable bonds is 4. The van der Waals surface area contributed by atoms with Crippen LogP contribution in [0.5, 0.6) is 0 Å². The summed E-state index contributed by atoms with van der Waals surface area (Å²) in [4.78, 5) is 12.8. The summed E-state index contributed by atoms with van der Waals surface area (Å²) in [7, 11) is 0. The summed E-state index contributed by atoms with van der Waals surface area (Å²) >= 11 is 5.09. The maximum Gasteiger partial charge on any atom is 0.233 e. The molecule has 0 aliphatic heterocycles. The van der Waals surface area contributed by atoms with Gasteiger partial charge in [-0.25, -0.2) is 0 Å². The van der Waals surface area contributed by atoms with Crippen LogP contribution < -0.4 is 11.1 Å². The molecule has 2 saturated carbocycles. The number of hydrogen-bond acceptors (Lipinski definition) is 2. The van der Waals surface area contributed by atoms with Crippen molar-refractivity contribution in [2.75, 3.05) is 0 Å². The van der Waals surface area contributed by atoms with Crippen LogP contribution in [0.2, 0.25) is 0 Å². The lowest BCUT2D eigenvalue weighted by Crippen LogP contribution is -2.55. The minimum atomic E-state index is -0.519. The molecule has 2 aliphatic rings. The van der Waals surface area contributed by atoms with Gasteiger partial charge in [-0.1, -0.05) is 44.8 Å². The van der Waals surface area contributed by atoms with Crippen LogP contribution in [0.15, 0.2) is 0 Å². The van der Waals surface area contributed by atoms with Crippen LogP contribution in [0.4, 0.5) is 0 Å². The van der Waals surface area contributed by atoms with E-state index in [1.807, 2.05) is 0 Å². The summed E-state index contributed by atoms with van der Waals surface area (Å²) in [6.07, 6.45) is 8.70. The Bertz CT molecular complexity index is 339. The predicted molar refractivity (Wildman–Crippen MR) is 77.2 cm³/mol. The number of nitrogens with one attached hydrogen (secondary N) is 1. The maximum atomic E-state index is 12.4. The molecule has 0 heterocycles. The van der Waals surface area contributed by atoms with Crippen molar-refractivity contribution in [1.29, 1.82) is 0 Å². The van der Waals surface area contributed by atoms with Gasteiger partial charge < -0.3 is 11.1 Å². The van der Waals surface area contributed by atoms with Crippen molar-refractivity contribution in [2.45, 2.75) is 64.3 Å². The molecular formula is C14H24N2OS. The molecule has 0 aromatic carbocycles. The van der Waals surface area contributed by atoms with Gasteiger partial charge in [0.2, 0.25) is 5.91 Å². The van der Waals surface area contributed by atoms with Crippen molar-refractivity contribution in [3.8, 4) is 0 Å². The minimum Gasteiger partial charge on any atom is -0.392 e. The molecule has 2 fully saturated rings. The Labute approximate surface area is 115 Å². The second-order valence-electron chi connectivity index (χ2n) is 5.91. The van der Waals surface area contributed by atoms with E-state index < -0.39 is 5.41 Å². The van der Waals surface area contributed by atoms with Crippen molar-refractivity contribution < 1.29 is 4.79 Å². The van der Waals surface area contributed by atoms with Gasteiger partial charge in [-0.05, 0) is 31.6 Å². The van der Waals surface area contributed by atoms with Crippen LogP contribution in [0.1, 0.15) is 58.3 Å². The van der Waals surface area contributed by atoms with E-state index in [1.165, 1.54) is 19.3 Å². The van der Waals surface area contributed by atoms with E-state index in [0.717, 1.165) is 38.0 Å². The summed E-state index contributed by atoms with van der Waals surface area (Å²) in [6.45, 7) is 2.23. The topological polar surface area (TPSA) is 55.1 Å². The van der Waals surface area contributed by atoms with E-state index in [2.05, 4.69) is 12.2 Å². The average Bonchev–Trinajstić information content (AvgIpc) is 2.27. The first-order chi connectivity index (χ1) is 8.58. The van der Waals surface area contributed by atoms with Crippen molar-refractivity contribution in [3.63, 3.8) is 0 Å². The second-order valence-corrected chi connectivity index (χ2v) is 6.35. The highest BCUT2D eigenvalue weighted by Gasteiger charge is 2.47. The Kier molecular flexibility index (Phi) is 4.25. The summed E-state index contributed by atoms with van der Waals surface area (Å²) in [5, 5.41) is 3.20. The summed E-state index contributed by atoms with van der Waals surface area (Å²) in [6, 6.07) is 0.336. The fourth-order valence-electron chi connectivity index (χ4n) is 3.23. The van der Waals surface area contributed by atoms with Crippen molar-refractivity contribution >= 4 is 23.1 Å². The van der Waals surface area contributed by atoms with E-state index in [1.54, 1.807) is 0 Å². The largest absolute Gasteiger partial charge is 0.392 e. The lowest BCUT2D eigenvalue weighted by atomic mass is 9.67. The van der Waals surface area contributed by atoms with E-state index in [0.29, 0.717) is 11.0 Å². The number of amides is 1. The molecule has 0 saturated heterocycles. The molecule has 0 aromatic heterocycles. The van der Waals surface area contributed by atoms with Crippen LogP contribution in [0.25, 0.3) is 0 Å². The zero-order chi connectivity index (χ0) is 13.2. The lowest BCUT2D eigenvalue weighted by molar-refractivity contribution is -0.131. The quantitative estimate of drug-likeness (QED) is 0.770. The molecule has 0 bridgehead atoms. The second kappa shape index (κ2) is 5.55. The van der Waals surface area contributed by atoms with Gasteiger partial charge in [0.15, 0.2) is 0 Å². The third-order valence-corrected chi connectivity index (χ3v) is 5.20. The highest BCUT2D eigenvalue weighted by Crippen LogP contribution is 2.42. The summed E-state index contributed by atoms with van der Waals surface area (Å²) in [5.41, 5.74) is 5.24. The molecule has 2 atom stereocenters. The molecule has 4 heteroatoms. The van der Waals surface area contributed by atoms with Gasteiger partial charge in [0.25, 0.3) is 0 Å². The van der Waals surface area contributed by atoms with Crippen LogP contribution in [0, 0.1) is 11.3 Å².